The lowest BCUT2D eigenvalue weighted by atomic mass is 9.97. The predicted molar refractivity (Wildman–Crippen MR) is 135 cm³/mol. The Balaban J connectivity index is 1.48. The molecule has 0 saturated carbocycles. The van der Waals surface area contributed by atoms with Crippen LogP contribution in [0.5, 0.6) is 5.75 Å². The Kier molecular flexibility index (Phi) is 7.63. The largest absolute Gasteiger partial charge is 0.497 e. The number of piperidine rings is 1. The maximum Gasteiger partial charge on any atom is 0.250 e. The molecule has 3 atom stereocenters. The summed E-state index contributed by atoms with van der Waals surface area (Å²) >= 11 is 0. The normalized spacial score (nSPS) is 24.6. The van der Waals surface area contributed by atoms with Crippen molar-refractivity contribution in [1.29, 1.82) is 0 Å². The van der Waals surface area contributed by atoms with Gasteiger partial charge in [-0.15, -0.1) is 0 Å². The zero-order chi connectivity index (χ0) is 24.3. The Morgan fingerprint density at radius 2 is 1.56 bits per heavy atom. The first-order valence-electron chi connectivity index (χ1n) is 12.4. The van der Waals surface area contributed by atoms with E-state index in [1.54, 1.807) is 60.5 Å². The molecule has 34 heavy (non-hydrogen) atoms. The third kappa shape index (κ3) is 4.86. The summed E-state index contributed by atoms with van der Waals surface area (Å²) in [4.78, 5) is 18.1. The smallest absolute Gasteiger partial charge is 0.250 e. The zero-order valence-electron chi connectivity index (χ0n) is 20.4. The lowest BCUT2D eigenvalue weighted by Gasteiger charge is -2.39. The van der Waals surface area contributed by atoms with Gasteiger partial charge in [0.05, 0.1) is 17.7 Å². The van der Waals surface area contributed by atoms with Crippen LogP contribution in [0.25, 0.3) is 0 Å². The van der Waals surface area contributed by atoms with Gasteiger partial charge in [0.25, 0.3) is 0 Å². The maximum atomic E-state index is 13.6. The molecule has 0 aliphatic carbocycles. The number of anilines is 1. The number of carbonyl (C=O) groups is 1. The molecule has 0 aromatic heterocycles. The Morgan fingerprint density at radius 1 is 0.912 bits per heavy atom. The molecule has 1 fully saturated rings. The van der Waals surface area contributed by atoms with Crippen LogP contribution in [-0.2, 0) is 14.6 Å². The van der Waals surface area contributed by atoms with Gasteiger partial charge in [-0.05, 0) is 75.9 Å². The third-order valence-corrected chi connectivity index (χ3v) is 9.41. The second kappa shape index (κ2) is 10.5. The van der Waals surface area contributed by atoms with Crippen LogP contribution in [0.2, 0.25) is 0 Å². The quantitative estimate of drug-likeness (QED) is 0.494. The van der Waals surface area contributed by atoms with E-state index in [0.717, 1.165) is 25.8 Å². The molecule has 3 unspecified atom stereocenters. The Bertz CT molecular complexity index is 1090. The number of para-hydroxylation sites is 1. The molecular weight excluding hydrogens is 448 g/mol. The highest BCUT2D eigenvalue weighted by Crippen LogP contribution is 2.42. The minimum atomic E-state index is -3.84. The number of rotatable bonds is 8. The zero-order valence-corrected chi connectivity index (χ0v) is 21.3. The molecule has 1 amide bonds. The van der Waals surface area contributed by atoms with Gasteiger partial charge in [0.2, 0.25) is 5.91 Å². The SMILES string of the molecule is COc1ccc(C2C(=O)N(CCCCCN3C(C)CCCC3C)c3ccccc3S2(=O)=O)cc1. The maximum absolute atomic E-state index is 13.6. The molecule has 2 aromatic carbocycles. The number of ether oxygens (including phenoxy) is 1. The highest BCUT2D eigenvalue weighted by atomic mass is 32.2. The van der Waals surface area contributed by atoms with Crippen molar-refractivity contribution in [3.63, 3.8) is 0 Å². The van der Waals surface area contributed by atoms with Gasteiger partial charge in [0.1, 0.15) is 5.75 Å². The van der Waals surface area contributed by atoms with E-state index in [0.29, 0.717) is 35.6 Å². The molecule has 1 saturated heterocycles. The number of unbranched alkanes of at least 4 members (excludes halogenated alkanes) is 2. The molecule has 0 N–H and O–H groups in total. The van der Waals surface area contributed by atoms with Crippen LogP contribution in [0.15, 0.2) is 53.4 Å². The van der Waals surface area contributed by atoms with E-state index < -0.39 is 15.1 Å². The van der Waals surface area contributed by atoms with Gasteiger partial charge < -0.3 is 9.64 Å². The predicted octanol–water partition coefficient (Wildman–Crippen LogP) is 4.99. The topological polar surface area (TPSA) is 66.9 Å². The van der Waals surface area contributed by atoms with Crippen molar-refractivity contribution in [2.75, 3.05) is 25.1 Å². The van der Waals surface area contributed by atoms with Gasteiger partial charge in [-0.3, -0.25) is 9.69 Å². The summed E-state index contributed by atoms with van der Waals surface area (Å²) < 4.78 is 32.1. The number of hydrogen-bond donors (Lipinski definition) is 0. The van der Waals surface area contributed by atoms with Crippen LogP contribution in [-0.4, -0.2) is 51.5 Å². The van der Waals surface area contributed by atoms with E-state index in [4.69, 9.17) is 4.74 Å². The molecule has 2 aliphatic heterocycles. The number of amides is 1. The third-order valence-electron chi connectivity index (χ3n) is 7.36. The second-order valence-electron chi connectivity index (χ2n) is 9.58. The fraction of sp³-hybridized carbons (Fsp3) is 0.519. The Hall–Kier alpha value is -2.38. The molecule has 2 aliphatic rings. The summed E-state index contributed by atoms with van der Waals surface area (Å²) in [6.45, 7) is 6.23. The van der Waals surface area contributed by atoms with Crippen molar-refractivity contribution >= 4 is 21.4 Å². The molecule has 2 aromatic rings. The second-order valence-corrected chi connectivity index (χ2v) is 11.6. The van der Waals surface area contributed by atoms with Crippen LogP contribution in [0.1, 0.15) is 63.2 Å². The van der Waals surface area contributed by atoms with Crippen LogP contribution in [0, 0.1) is 0 Å². The standard InChI is InChI=1S/C27H36N2O4S/c1-20-10-9-11-21(2)28(20)18-7-4-8-19-29-24-12-5-6-13-25(24)34(31,32)26(27(29)30)22-14-16-23(33-3)17-15-22/h5-6,12-17,20-21,26H,4,7-11,18-19H2,1-3H3. The van der Waals surface area contributed by atoms with E-state index >= 15 is 0 Å². The number of benzene rings is 2. The molecule has 0 spiro atoms. The van der Waals surface area contributed by atoms with Crippen LogP contribution >= 0.6 is 0 Å². The number of likely N-dealkylation sites (tertiary alicyclic amines) is 1. The minimum absolute atomic E-state index is 0.228. The molecule has 7 heteroatoms. The van der Waals surface area contributed by atoms with E-state index in [-0.39, 0.29) is 10.8 Å². The first-order chi connectivity index (χ1) is 16.3. The van der Waals surface area contributed by atoms with Gasteiger partial charge in [0, 0.05) is 18.6 Å². The molecule has 4 rings (SSSR count). The molecule has 184 valence electrons. The summed E-state index contributed by atoms with van der Waals surface area (Å²) in [5, 5.41) is -1.23. The fourth-order valence-corrected chi connectivity index (χ4v) is 7.33. The monoisotopic (exact) mass is 484 g/mol. The van der Waals surface area contributed by atoms with Crippen molar-refractivity contribution in [2.24, 2.45) is 0 Å². The van der Waals surface area contributed by atoms with Gasteiger partial charge in [0.15, 0.2) is 15.1 Å². The van der Waals surface area contributed by atoms with Crippen LogP contribution < -0.4 is 9.64 Å². The van der Waals surface area contributed by atoms with Crippen LogP contribution in [0.4, 0.5) is 5.69 Å². The van der Waals surface area contributed by atoms with Crippen LogP contribution in [0.3, 0.4) is 0 Å². The van der Waals surface area contributed by atoms with E-state index in [2.05, 4.69) is 18.7 Å². The number of carbonyl (C=O) groups excluding carboxylic acids is 1. The van der Waals surface area contributed by atoms with Crippen molar-refractivity contribution in [3.05, 3.63) is 54.1 Å². The van der Waals surface area contributed by atoms with Gasteiger partial charge in [-0.1, -0.05) is 37.1 Å². The highest BCUT2D eigenvalue weighted by Gasteiger charge is 2.45. The number of nitrogens with zero attached hydrogens (tertiary/aromatic N) is 2. The molecular formula is C27H36N2O4S. The van der Waals surface area contributed by atoms with Crippen molar-refractivity contribution in [3.8, 4) is 5.75 Å². The fourth-order valence-electron chi connectivity index (χ4n) is 5.43. The number of fused-ring (bicyclic) bond motifs is 1. The van der Waals surface area contributed by atoms with E-state index in [1.807, 2.05) is 0 Å². The Labute approximate surface area is 203 Å². The molecule has 0 radical (unpaired) electrons. The lowest BCUT2D eigenvalue weighted by molar-refractivity contribution is -0.118. The first-order valence-corrected chi connectivity index (χ1v) is 13.9. The van der Waals surface area contributed by atoms with Gasteiger partial charge in [-0.25, -0.2) is 8.42 Å². The van der Waals surface area contributed by atoms with Crippen molar-refractivity contribution < 1.29 is 17.9 Å². The summed E-state index contributed by atoms with van der Waals surface area (Å²) in [6, 6.07) is 14.9. The number of sulfone groups is 1. The average Bonchev–Trinajstić information content (AvgIpc) is 2.82. The summed E-state index contributed by atoms with van der Waals surface area (Å²) in [5.41, 5.74) is 0.967. The lowest BCUT2D eigenvalue weighted by Crippen LogP contribution is -2.44. The summed E-state index contributed by atoms with van der Waals surface area (Å²) in [7, 11) is -2.28. The number of hydrogen-bond acceptors (Lipinski definition) is 5. The van der Waals surface area contributed by atoms with Crippen molar-refractivity contribution in [2.45, 2.75) is 74.6 Å². The van der Waals surface area contributed by atoms with Gasteiger partial charge in [-0.2, -0.15) is 0 Å². The Morgan fingerprint density at radius 3 is 2.24 bits per heavy atom. The molecule has 0 bridgehead atoms. The van der Waals surface area contributed by atoms with Gasteiger partial charge >= 0.3 is 0 Å². The summed E-state index contributed by atoms with van der Waals surface area (Å²) in [5.74, 6) is 0.251. The molecule has 6 nitrogen and oxygen atoms in total. The average molecular weight is 485 g/mol. The van der Waals surface area contributed by atoms with E-state index in [9.17, 15) is 13.2 Å². The van der Waals surface area contributed by atoms with Crippen molar-refractivity contribution in [1.82, 2.24) is 4.90 Å². The molecule has 2 heterocycles. The highest BCUT2D eigenvalue weighted by molar-refractivity contribution is 7.92. The summed E-state index contributed by atoms with van der Waals surface area (Å²) in [6.07, 6.45) is 6.77. The number of methoxy groups -OCH3 is 1. The first kappa shape index (κ1) is 24.7. The minimum Gasteiger partial charge on any atom is -0.497 e. The van der Waals surface area contributed by atoms with E-state index in [1.165, 1.54) is 19.3 Å².